The van der Waals surface area contributed by atoms with E-state index in [9.17, 15) is 0 Å². The smallest absolute Gasteiger partial charge is 0.218 e. The Morgan fingerprint density at radius 2 is 1.85 bits per heavy atom. The van der Waals surface area contributed by atoms with E-state index in [1.165, 1.54) is 11.1 Å². The van der Waals surface area contributed by atoms with Crippen LogP contribution in [0.1, 0.15) is 11.1 Å². The molecular formula is C11H13NO. The van der Waals surface area contributed by atoms with Crippen molar-refractivity contribution in [3.05, 3.63) is 46.8 Å². The molecule has 1 aromatic rings. The van der Waals surface area contributed by atoms with Crippen molar-refractivity contribution < 1.29 is 4.74 Å². The molecule has 0 aliphatic rings. The minimum absolute atomic E-state index is 0.573. The van der Waals surface area contributed by atoms with Gasteiger partial charge in [-0.3, -0.25) is 0 Å². The van der Waals surface area contributed by atoms with Crippen molar-refractivity contribution in [3.63, 3.8) is 0 Å². The molecule has 0 spiro atoms. The molecule has 13 heavy (non-hydrogen) atoms. The second-order valence-corrected chi connectivity index (χ2v) is 2.88. The Morgan fingerprint density at radius 3 is 2.38 bits per heavy atom. The predicted octanol–water partition coefficient (Wildman–Crippen LogP) is 2.29. The molecule has 0 saturated carbocycles. The lowest BCUT2D eigenvalue weighted by molar-refractivity contribution is 0.185. The van der Waals surface area contributed by atoms with Crippen molar-refractivity contribution in [2.24, 2.45) is 0 Å². The van der Waals surface area contributed by atoms with Gasteiger partial charge in [0, 0.05) is 13.5 Å². The van der Waals surface area contributed by atoms with Gasteiger partial charge in [0.2, 0.25) is 6.54 Å². The summed E-state index contributed by atoms with van der Waals surface area (Å²) in [6, 6.07) is 8.20. The van der Waals surface area contributed by atoms with Crippen molar-refractivity contribution in [1.82, 2.24) is 0 Å². The quantitative estimate of drug-likeness (QED) is 0.640. The van der Waals surface area contributed by atoms with E-state index >= 15 is 0 Å². The van der Waals surface area contributed by atoms with E-state index < -0.39 is 0 Å². The first-order chi connectivity index (χ1) is 6.36. The number of methoxy groups -OCH3 is 1. The van der Waals surface area contributed by atoms with Gasteiger partial charge in [-0.1, -0.05) is 24.3 Å². The normalized spacial score (nSPS) is 9.54. The third-order valence-electron chi connectivity index (χ3n) is 1.85. The zero-order valence-electron chi connectivity index (χ0n) is 7.79. The summed E-state index contributed by atoms with van der Waals surface area (Å²) in [4.78, 5) is 3.32. The number of benzene rings is 1. The molecule has 2 nitrogen and oxygen atoms in total. The van der Waals surface area contributed by atoms with E-state index in [0.29, 0.717) is 13.2 Å². The van der Waals surface area contributed by atoms with Crippen molar-refractivity contribution in [2.45, 2.75) is 13.0 Å². The number of hydrogen-bond acceptors (Lipinski definition) is 1. The predicted molar refractivity (Wildman–Crippen MR) is 52.3 cm³/mol. The summed E-state index contributed by atoms with van der Waals surface area (Å²) in [7, 11) is 1.69. The Bertz CT molecular complexity index is 284. The van der Waals surface area contributed by atoms with Gasteiger partial charge in [0.05, 0.1) is 6.61 Å². The zero-order valence-corrected chi connectivity index (χ0v) is 7.79. The Labute approximate surface area is 79.0 Å². The fourth-order valence-electron chi connectivity index (χ4n) is 1.15. The lowest BCUT2D eigenvalue weighted by atomic mass is 10.1. The van der Waals surface area contributed by atoms with Crippen LogP contribution in [0.25, 0.3) is 4.85 Å². The van der Waals surface area contributed by atoms with Crippen LogP contribution in [0, 0.1) is 6.57 Å². The summed E-state index contributed by atoms with van der Waals surface area (Å²) in [5.74, 6) is 0. The summed E-state index contributed by atoms with van der Waals surface area (Å²) < 4.78 is 5.00. The maximum Gasteiger partial charge on any atom is 0.218 e. The van der Waals surface area contributed by atoms with Gasteiger partial charge in [0.15, 0.2) is 0 Å². The average molecular weight is 175 g/mol. The fraction of sp³-hybridized carbons (Fsp3) is 0.364. The molecule has 0 fully saturated rings. The van der Waals surface area contributed by atoms with E-state index in [1.807, 2.05) is 12.1 Å². The number of nitrogens with zero attached hydrogens (tertiary/aromatic N) is 1. The molecule has 1 rings (SSSR count). The zero-order chi connectivity index (χ0) is 9.52. The molecule has 0 bridgehead atoms. The first-order valence-corrected chi connectivity index (χ1v) is 4.27. The molecule has 0 unspecified atom stereocenters. The molecule has 0 aromatic heterocycles. The van der Waals surface area contributed by atoms with E-state index in [-0.39, 0.29) is 0 Å². The monoisotopic (exact) mass is 175 g/mol. The van der Waals surface area contributed by atoms with Crippen LogP contribution >= 0.6 is 0 Å². The van der Waals surface area contributed by atoms with Crippen LogP contribution < -0.4 is 0 Å². The molecule has 0 heterocycles. The molecule has 68 valence electrons. The molecule has 1 aromatic carbocycles. The SMILES string of the molecule is [C-]#[N+]CCc1ccc(COC)cc1. The van der Waals surface area contributed by atoms with Crippen LogP contribution in [0.5, 0.6) is 0 Å². The maximum atomic E-state index is 6.67. The highest BCUT2D eigenvalue weighted by Crippen LogP contribution is 2.06. The Morgan fingerprint density at radius 1 is 1.23 bits per heavy atom. The standard InChI is InChI=1S/C11H13NO/c1-12-8-7-10-3-5-11(6-4-10)9-13-2/h3-6H,7-9H2,2H3. The number of hydrogen-bond donors (Lipinski definition) is 0. The summed E-state index contributed by atoms with van der Waals surface area (Å²) >= 11 is 0. The molecule has 0 aliphatic carbocycles. The van der Waals surface area contributed by atoms with Crippen molar-refractivity contribution in [2.75, 3.05) is 13.7 Å². The van der Waals surface area contributed by atoms with Crippen molar-refractivity contribution in [1.29, 1.82) is 0 Å². The van der Waals surface area contributed by atoms with E-state index in [4.69, 9.17) is 11.3 Å². The molecule has 0 saturated heterocycles. The summed E-state index contributed by atoms with van der Waals surface area (Å²) in [6.45, 7) is 7.89. The fourth-order valence-corrected chi connectivity index (χ4v) is 1.15. The minimum atomic E-state index is 0.573. The second-order valence-electron chi connectivity index (χ2n) is 2.88. The summed E-state index contributed by atoms with van der Waals surface area (Å²) in [5.41, 5.74) is 2.39. The molecule has 0 radical (unpaired) electrons. The minimum Gasteiger partial charge on any atom is -0.380 e. The Kier molecular flexibility index (Phi) is 4.01. The van der Waals surface area contributed by atoms with E-state index in [2.05, 4.69) is 17.0 Å². The number of ether oxygens (including phenoxy) is 1. The van der Waals surface area contributed by atoms with Crippen LogP contribution in [-0.2, 0) is 17.8 Å². The first kappa shape index (κ1) is 9.76. The highest BCUT2D eigenvalue weighted by molar-refractivity contribution is 5.22. The lowest BCUT2D eigenvalue weighted by Gasteiger charge is -2.00. The largest absolute Gasteiger partial charge is 0.380 e. The third-order valence-corrected chi connectivity index (χ3v) is 1.85. The molecule has 2 heteroatoms. The van der Waals surface area contributed by atoms with Crippen molar-refractivity contribution in [3.8, 4) is 0 Å². The highest BCUT2D eigenvalue weighted by Gasteiger charge is 1.95. The van der Waals surface area contributed by atoms with Crippen LogP contribution in [0.2, 0.25) is 0 Å². The molecule has 0 N–H and O–H groups in total. The van der Waals surface area contributed by atoms with Gasteiger partial charge < -0.3 is 9.58 Å². The molecule has 0 aliphatic heterocycles. The molecule has 0 amide bonds. The van der Waals surface area contributed by atoms with Crippen LogP contribution in [0.3, 0.4) is 0 Å². The van der Waals surface area contributed by atoms with E-state index in [1.54, 1.807) is 7.11 Å². The van der Waals surface area contributed by atoms with Gasteiger partial charge in [0.1, 0.15) is 0 Å². The maximum absolute atomic E-state index is 6.67. The Balaban J connectivity index is 2.54. The van der Waals surface area contributed by atoms with Crippen LogP contribution in [-0.4, -0.2) is 13.7 Å². The second kappa shape index (κ2) is 5.34. The van der Waals surface area contributed by atoms with Gasteiger partial charge in [-0.05, 0) is 11.1 Å². The van der Waals surface area contributed by atoms with E-state index in [0.717, 1.165) is 6.42 Å². The van der Waals surface area contributed by atoms with Gasteiger partial charge in [-0.25, -0.2) is 6.57 Å². The average Bonchev–Trinajstić information content (AvgIpc) is 2.17. The Hall–Kier alpha value is -1.33. The van der Waals surface area contributed by atoms with Gasteiger partial charge >= 0.3 is 0 Å². The van der Waals surface area contributed by atoms with Crippen molar-refractivity contribution >= 4 is 0 Å². The third kappa shape index (κ3) is 3.27. The molecular weight excluding hydrogens is 162 g/mol. The highest BCUT2D eigenvalue weighted by atomic mass is 16.5. The molecule has 0 atom stereocenters. The lowest BCUT2D eigenvalue weighted by Crippen LogP contribution is -1.90. The van der Waals surface area contributed by atoms with Crippen LogP contribution in [0.15, 0.2) is 24.3 Å². The number of rotatable bonds is 4. The topological polar surface area (TPSA) is 13.6 Å². The summed E-state index contributed by atoms with van der Waals surface area (Å²) in [5, 5.41) is 0. The van der Waals surface area contributed by atoms with Gasteiger partial charge in [-0.2, -0.15) is 0 Å². The van der Waals surface area contributed by atoms with Gasteiger partial charge in [0.25, 0.3) is 0 Å². The summed E-state index contributed by atoms with van der Waals surface area (Å²) in [6.07, 6.45) is 0.844. The van der Waals surface area contributed by atoms with Crippen LogP contribution in [0.4, 0.5) is 0 Å². The van der Waals surface area contributed by atoms with Gasteiger partial charge in [-0.15, -0.1) is 0 Å². The first-order valence-electron chi connectivity index (χ1n) is 4.27.